The van der Waals surface area contributed by atoms with Gasteiger partial charge in [-0.05, 0) is 29.2 Å². The predicted octanol–water partition coefficient (Wildman–Crippen LogP) is 4.29. The van der Waals surface area contributed by atoms with Crippen molar-refractivity contribution in [2.75, 3.05) is 33.3 Å². The van der Waals surface area contributed by atoms with Crippen LogP contribution < -0.4 is 10.1 Å². The van der Waals surface area contributed by atoms with Gasteiger partial charge in [0.25, 0.3) is 0 Å². The van der Waals surface area contributed by atoms with E-state index in [0.29, 0.717) is 6.04 Å². The third kappa shape index (κ3) is 5.27. The highest BCUT2D eigenvalue weighted by Gasteiger charge is 2.33. The number of nitrogens with zero attached hydrogens (tertiary/aromatic N) is 1. The van der Waals surface area contributed by atoms with Crippen LogP contribution in [0.5, 0.6) is 5.75 Å². The molecule has 1 heterocycles. The summed E-state index contributed by atoms with van der Waals surface area (Å²) in [7, 11) is 1.73. The van der Waals surface area contributed by atoms with Crippen molar-refractivity contribution < 1.29 is 4.74 Å². The van der Waals surface area contributed by atoms with Crippen molar-refractivity contribution >= 4 is 40.7 Å². The summed E-state index contributed by atoms with van der Waals surface area (Å²) >= 11 is 3.72. The summed E-state index contributed by atoms with van der Waals surface area (Å²) in [5.41, 5.74) is 1.49. The summed E-state index contributed by atoms with van der Waals surface area (Å²) in [4.78, 5) is 2.58. The molecule has 1 aromatic carbocycles. The maximum absolute atomic E-state index is 5.41. The third-order valence-electron chi connectivity index (χ3n) is 3.83. The van der Waals surface area contributed by atoms with Gasteiger partial charge in [-0.3, -0.25) is 4.90 Å². The van der Waals surface area contributed by atoms with Gasteiger partial charge in [0.1, 0.15) is 5.75 Å². The van der Waals surface area contributed by atoms with Crippen molar-refractivity contribution in [3.63, 3.8) is 0 Å². The van der Waals surface area contributed by atoms with E-state index in [1.54, 1.807) is 7.11 Å². The Morgan fingerprint density at radius 3 is 2.27 bits per heavy atom. The zero-order valence-electron chi connectivity index (χ0n) is 13.7. The van der Waals surface area contributed by atoms with E-state index >= 15 is 0 Å². The molecule has 128 valence electrons. The van der Waals surface area contributed by atoms with E-state index in [9.17, 15) is 0 Å². The molecule has 1 aliphatic heterocycles. The summed E-state index contributed by atoms with van der Waals surface area (Å²) in [5.74, 6) is 0.924. The lowest BCUT2D eigenvalue weighted by molar-refractivity contribution is 0.0855. The molecule has 22 heavy (non-hydrogen) atoms. The first kappa shape index (κ1) is 22.0. The maximum Gasteiger partial charge on any atom is 0.119 e. The number of nitrogens with one attached hydrogen (secondary N) is 1. The minimum absolute atomic E-state index is 0. The molecule has 2 rings (SSSR count). The summed E-state index contributed by atoms with van der Waals surface area (Å²) < 4.78 is 6.57. The van der Waals surface area contributed by atoms with Crippen LogP contribution in [-0.2, 0) is 0 Å². The second kappa shape index (κ2) is 9.33. The van der Waals surface area contributed by atoms with Crippen LogP contribution in [-0.4, -0.2) is 38.2 Å². The van der Waals surface area contributed by atoms with E-state index in [1.807, 2.05) is 6.07 Å². The van der Waals surface area contributed by atoms with Crippen molar-refractivity contribution in [1.82, 2.24) is 10.2 Å². The normalized spacial score (nSPS) is 17.1. The lowest BCUT2D eigenvalue weighted by Gasteiger charge is -2.43. The van der Waals surface area contributed by atoms with Gasteiger partial charge in [0.2, 0.25) is 0 Å². The lowest BCUT2D eigenvalue weighted by atomic mass is 9.81. The summed E-state index contributed by atoms with van der Waals surface area (Å²) in [6, 6.07) is 6.65. The van der Waals surface area contributed by atoms with Crippen molar-refractivity contribution in [1.29, 1.82) is 0 Å². The molecule has 6 heteroatoms. The van der Waals surface area contributed by atoms with Gasteiger partial charge >= 0.3 is 0 Å². The van der Waals surface area contributed by atoms with E-state index in [0.717, 1.165) is 36.4 Å². The van der Waals surface area contributed by atoms with Crippen LogP contribution >= 0.6 is 40.7 Å². The van der Waals surface area contributed by atoms with Crippen LogP contribution in [0.3, 0.4) is 0 Å². The van der Waals surface area contributed by atoms with Crippen LogP contribution in [0.1, 0.15) is 32.4 Å². The van der Waals surface area contributed by atoms with E-state index in [4.69, 9.17) is 4.74 Å². The van der Waals surface area contributed by atoms with Gasteiger partial charge in [0, 0.05) is 36.7 Å². The Balaban J connectivity index is 0.00000220. The molecule has 1 N–H and O–H groups in total. The maximum atomic E-state index is 5.41. The van der Waals surface area contributed by atoms with Gasteiger partial charge in [-0.15, -0.1) is 24.8 Å². The molecular weight excluding hydrogens is 387 g/mol. The smallest absolute Gasteiger partial charge is 0.119 e. The van der Waals surface area contributed by atoms with Gasteiger partial charge in [-0.2, -0.15) is 0 Å². The summed E-state index contributed by atoms with van der Waals surface area (Å²) in [5, 5.41) is 3.43. The van der Waals surface area contributed by atoms with Gasteiger partial charge in [0.05, 0.1) is 7.11 Å². The second-order valence-corrected chi connectivity index (χ2v) is 7.30. The molecule has 1 aromatic rings. The average Bonchev–Trinajstić information content (AvgIpc) is 2.41. The predicted molar refractivity (Wildman–Crippen MR) is 102 cm³/mol. The van der Waals surface area contributed by atoms with E-state index < -0.39 is 0 Å². The molecular formula is C16H27BrCl2N2O. The molecule has 1 fully saturated rings. The van der Waals surface area contributed by atoms with E-state index in [-0.39, 0.29) is 30.2 Å². The Morgan fingerprint density at radius 1 is 1.18 bits per heavy atom. The molecule has 0 unspecified atom stereocenters. The number of rotatable bonds is 3. The van der Waals surface area contributed by atoms with Gasteiger partial charge in [-0.1, -0.05) is 36.7 Å². The molecule has 0 amide bonds. The van der Waals surface area contributed by atoms with Crippen molar-refractivity contribution in [2.24, 2.45) is 5.41 Å². The topological polar surface area (TPSA) is 24.5 Å². The first-order chi connectivity index (χ1) is 9.43. The minimum atomic E-state index is 0. The highest BCUT2D eigenvalue weighted by atomic mass is 79.9. The number of hydrogen-bond donors (Lipinski definition) is 1. The number of benzene rings is 1. The molecule has 1 atom stereocenters. The minimum Gasteiger partial charge on any atom is -0.497 e. The number of halogens is 3. The number of methoxy groups -OCH3 is 1. The zero-order valence-corrected chi connectivity index (χ0v) is 16.9. The molecule has 1 aliphatic rings. The molecule has 0 spiro atoms. The highest BCUT2D eigenvalue weighted by Crippen LogP contribution is 2.42. The van der Waals surface area contributed by atoms with Gasteiger partial charge in [-0.25, -0.2) is 0 Å². The van der Waals surface area contributed by atoms with Crippen molar-refractivity contribution in [3.8, 4) is 5.75 Å². The molecule has 0 saturated carbocycles. The highest BCUT2D eigenvalue weighted by molar-refractivity contribution is 9.10. The van der Waals surface area contributed by atoms with Crippen molar-refractivity contribution in [2.45, 2.75) is 26.8 Å². The zero-order chi connectivity index (χ0) is 14.8. The van der Waals surface area contributed by atoms with Crippen LogP contribution in [0.15, 0.2) is 22.7 Å². The Morgan fingerprint density at radius 2 is 1.77 bits per heavy atom. The number of ether oxygens (including phenoxy) is 1. The Bertz CT molecular complexity index is 460. The number of hydrogen-bond acceptors (Lipinski definition) is 3. The summed E-state index contributed by atoms with van der Waals surface area (Å²) in [6.45, 7) is 11.2. The fourth-order valence-electron chi connectivity index (χ4n) is 3.01. The fraction of sp³-hybridized carbons (Fsp3) is 0.625. The third-order valence-corrected chi connectivity index (χ3v) is 4.56. The summed E-state index contributed by atoms with van der Waals surface area (Å²) in [6.07, 6.45) is 0. The van der Waals surface area contributed by atoms with Crippen LogP contribution in [0, 0.1) is 5.41 Å². The molecule has 0 bridgehead atoms. The van der Waals surface area contributed by atoms with Gasteiger partial charge < -0.3 is 10.1 Å². The Kier molecular flexibility index (Phi) is 9.33. The van der Waals surface area contributed by atoms with Crippen LogP contribution in [0.4, 0.5) is 0 Å². The SMILES string of the molecule is COc1ccc(Br)c([C@@H](N2CCNCC2)C(C)(C)C)c1.Cl.Cl. The second-order valence-electron chi connectivity index (χ2n) is 6.44. The van der Waals surface area contributed by atoms with E-state index in [1.165, 1.54) is 5.56 Å². The number of piperazine rings is 1. The van der Waals surface area contributed by atoms with Gasteiger partial charge in [0.15, 0.2) is 0 Å². The molecule has 3 nitrogen and oxygen atoms in total. The molecule has 0 aliphatic carbocycles. The lowest BCUT2D eigenvalue weighted by Crippen LogP contribution is -2.48. The quantitative estimate of drug-likeness (QED) is 0.799. The fourth-order valence-corrected chi connectivity index (χ4v) is 3.47. The van der Waals surface area contributed by atoms with E-state index in [2.05, 4.69) is 59.1 Å². The Labute approximate surface area is 155 Å². The largest absolute Gasteiger partial charge is 0.497 e. The van der Waals surface area contributed by atoms with Crippen LogP contribution in [0.25, 0.3) is 0 Å². The Hall–Kier alpha value is -0.000000000000000111. The molecule has 0 radical (unpaired) electrons. The first-order valence-corrected chi connectivity index (χ1v) is 8.01. The van der Waals surface area contributed by atoms with Crippen LogP contribution in [0.2, 0.25) is 0 Å². The monoisotopic (exact) mass is 412 g/mol. The average molecular weight is 414 g/mol. The molecule has 0 aromatic heterocycles. The standard InChI is InChI=1S/C16H25BrN2O.2ClH/c1-16(2,3)15(19-9-7-18-8-10-19)13-11-12(20-4)5-6-14(13)17;;/h5-6,11,15,18H,7-10H2,1-4H3;2*1H/t15-;;/m1../s1. The molecule has 1 saturated heterocycles. The first-order valence-electron chi connectivity index (χ1n) is 7.21. The van der Waals surface area contributed by atoms with Crippen molar-refractivity contribution in [3.05, 3.63) is 28.2 Å².